The quantitative estimate of drug-likeness (QED) is 0.400. The van der Waals surface area contributed by atoms with Crippen LogP contribution in [-0.2, 0) is 16.0 Å². The van der Waals surface area contributed by atoms with E-state index in [1.54, 1.807) is 12.1 Å². The van der Waals surface area contributed by atoms with Crippen LogP contribution in [0.3, 0.4) is 0 Å². The van der Waals surface area contributed by atoms with E-state index in [1.807, 2.05) is 12.1 Å². The molecule has 0 spiro atoms. The lowest BCUT2D eigenvalue weighted by Crippen LogP contribution is -2.21. The minimum absolute atomic E-state index is 0.121. The molecule has 0 fully saturated rings. The van der Waals surface area contributed by atoms with Crippen molar-refractivity contribution in [3.63, 3.8) is 0 Å². The van der Waals surface area contributed by atoms with E-state index in [9.17, 15) is 19.7 Å². The summed E-state index contributed by atoms with van der Waals surface area (Å²) in [4.78, 5) is 34.4. The molecule has 2 aromatic rings. The van der Waals surface area contributed by atoms with Crippen LogP contribution < -0.4 is 10.1 Å². The van der Waals surface area contributed by atoms with Gasteiger partial charge in [-0.15, -0.1) is 0 Å². The molecule has 0 saturated heterocycles. The average molecular weight is 386 g/mol. The first-order chi connectivity index (χ1) is 13.4. The van der Waals surface area contributed by atoms with E-state index >= 15 is 0 Å². The third-order valence-electron chi connectivity index (χ3n) is 4.00. The summed E-state index contributed by atoms with van der Waals surface area (Å²) < 4.78 is 9.98. The fourth-order valence-corrected chi connectivity index (χ4v) is 2.51. The van der Waals surface area contributed by atoms with Gasteiger partial charge in [0.25, 0.3) is 11.6 Å². The number of nitrogens with zero attached hydrogens (tertiary/aromatic N) is 1. The van der Waals surface area contributed by atoms with Crippen molar-refractivity contribution in [1.29, 1.82) is 0 Å². The highest BCUT2D eigenvalue weighted by Gasteiger charge is 2.19. The normalized spacial score (nSPS) is 10.2. The summed E-state index contributed by atoms with van der Waals surface area (Å²) in [5, 5.41) is 13.5. The van der Waals surface area contributed by atoms with Gasteiger partial charge in [-0.05, 0) is 36.6 Å². The lowest BCUT2D eigenvalue weighted by Gasteiger charge is -2.09. The number of carbonyl (C=O) groups excluding carboxylic acids is 2. The zero-order chi connectivity index (χ0) is 20.5. The van der Waals surface area contributed by atoms with Crippen molar-refractivity contribution in [1.82, 2.24) is 0 Å². The van der Waals surface area contributed by atoms with Gasteiger partial charge in [-0.1, -0.05) is 25.5 Å². The SMILES string of the molecule is CCCCc1ccc(NC(=O)COC(=O)c2cc([N+](=O)[O-])ccc2OC)cc1. The van der Waals surface area contributed by atoms with Gasteiger partial charge in [-0.3, -0.25) is 14.9 Å². The van der Waals surface area contributed by atoms with Crippen LogP contribution in [0.25, 0.3) is 0 Å². The maximum atomic E-state index is 12.2. The highest BCUT2D eigenvalue weighted by molar-refractivity contribution is 5.97. The number of unbranched alkanes of at least 4 members (excludes halogenated alkanes) is 1. The third-order valence-corrected chi connectivity index (χ3v) is 4.00. The number of nitro benzene ring substituents is 1. The first-order valence-corrected chi connectivity index (χ1v) is 8.83. The number of methoxy groups -OCH3 is 1. The third kappa shape index (κ3) is 5.80. The molecule has 0 saturated carbocycles. The highest BCUT2D eigenvalue weighted by atomic mass is 16.6. The molecule has 1 amide bonds. The molecular weight excluding hydrogens is 364 g/mol. The van der Waals surface area contributed by atoms with Crippen LogP contribution >= 0.6 is 0 Å². The number of anilines is 1. The summed E-state index contributed by atoms with van der Waals surface area (Å²) in [6.45, 7) is 1.60. The number of ether oxygens (including phenoxy) is 2. The second-order valence-corrected chi connectivity index (χ2v) is 6.07. The van der Waals surface area contributed by atoms with E-state index in [1.165, 1.54) is 24.8 Å². The predicted octanol–water partition coefficient (Wildman–Crippen LogP) is 3.74. The molecule has 0 unspecified atom stereocenters. The van der Waals surface area contributed by atoms with E-state index < -0.39 is 23.4 Å². The van der Waals surface area contributed by atoms with Crippen LogP contribution in [0.4, 0.5) is 11.4 Å². The maximum Gasteiger partial charge on any atom is 0.342 e. The summed E-state index contributed by atoms with van der Waals surface area (Å²) in [6, 6.07) is 11.0. The molecule has 2 aromatic carbocycles. The number of hydrogen-bond acceptors (Lipinski definition) is 6. The fourth-order valence-electron chi connectivity index (χ4n) is 2.51. The molecule has 0 aromatic heterocycles. The van der Waals surface area contributed by atoms with Crippen LogP contribution in [0, 0.1) is 10.1 Å². The Morgan fingerprint density at radius 3 is 2.46 bits per heavy atom. The Morgan fingerprint density at radius 1 is 1.14 bits per heavy atom. The fraction of sp³-hybridized carbons (Fsp3) is 0.300. The zero-order valence-corrected chi connectivity index (χ0v) is 15.8. The second kappa shape index (κ2) is 10.1. The Morgan fingerprint density at radius 2 is 1.86 bits per heavy atom. The van der Waals surface area contributed by atoms with E-state index in [0.29, 0.717) is 5.69 Å². The number of aryl methyl sites for hydroxylation is 1. The molecule has 1 N–H and O–H groups in total. The van der Waals surface area contributed by atoms with Gasteiger partial charge in [0.1, 0.15) is 11.3 Å². The second-order valence-electron chi connectivity index (χ2n) is 6.07. The van der Waals surface area contributed by atoms with E-state index in [2.05, 4.69) is 12.2 Å². The molecule has 0 aliphatic rings. The summed E-state index contributed by atoms with van der Waals surface area (Å²) in [5.41, 5.74) is 1.38. The first-order valence-electron chi connectivity index (χ1n) is 8.83. The van der Waals surface area contributed by atoms with Crippen molar-refractivity contribution < 1.29 is 24.0 Å². The molecule has 148 valence electrons. The highest BCUT2D eigenvalue weighted by Crippen LogP contribution is 2.24. The lowest BCUT2D eigenvalue weighted by molar-refractivity contribution is -0.384. The van der Waals surface area contributed by atoms with E-state index in [0.717, 1.165) is 25.3 Å². The number of esters is 1. The topological polar surface area (TPSA) is 108 Å². The molecule has 0 atom stereocenters. The summed E-state index contributed by atoms with van der Waals surface area (Å²) in [5.74, 6) is -1.27. The van der Waals surface area contributed by atoms with E-state index in [-0.39, 0.29) is 17.0 Å². The molecule has 0 aliphatic heterocycles. The van der Waals surface area contributed by atoms with E-state index in [4.69, 9.17) is 9.47 Å². The van der Waals surface area contributed by atoms with Gasteiger partial charge in [-0.2, -0.15) is 0 Å². The smallest absolute Gasteiger partial charge is 0.342 e. The van der Waals surface area contributed by atoms with Crippen LogP contribution in [-0.4, -0.2) is 30.5 Å². The van der Waals surface area contributed by atoms with Crippen molar-refractivity contribution in [2.45, 2.75) is 26.2 Å². The summed E-state index contributed by atoms with van der Waals surface area (Å²) in [6.07, 6.45) is 3.19. The summed E-state index contributed by atoms with van der Waals surface area (Å²) in [7, 11) is 1.33. The number of benzene rings is 2. The largest absolute Gasteiger partial charge is 0.496 e. The molecule has 8 heteroatoms. The van der Waals surface area contributed by atoms with Crippen LogP contribution in [0.15, 0.2) is 42.5 Å². The van der Waals surface area contributed by atoms with Gasteiger partial charge in [0.15, 0.2) is 6.61 Å². The van der Waals surface area contributed by atoms with Gasteiger partial charge in [0.05, 0.1) is 12.0 Å². The standard InChI is InChI=1S/C20H22N2O6/c1-3-4-5-14-6-8-15(9-7-14)21-19(23)13-28-20(24)17-12-16(22(25)26)10-11-18(17)27-2/h6-12H,3-5,13H2,1-2H3,(H,21,23). The van der Waals surface area contributed by atoms with Crippen molar-refractivity contribution in [2.24, 2.45) is 0 Å². The van der Waals surface area contributed by atoms with Crippen molar-refractivity contribution >= 4 is 23.3 Å². The van der Waals surface area contributed by atoms with Crippen molar-refractivity contribution in [2.75, 3.05) is 19.0 Å². The van der Waals surface area contributed by atoms with Gasteiger partial charge in [0.2, 0.25) is 0 Å². The first kappa shape index (κ1) is 20.9. The van der Waals surface area contributed by atoms with Crippen LogP contribution in [0.2, 0.25) is 0 Å². The van der Waals surface area contributed by atoms with Gasteiger partial charge >= 0.3 is 5.97 Å². The molecule has 8 nitrogen and oxygen atoms in total. The van der Waals surface area contributed by atoms with Crippen molar-refractivity contribution in [3.8, 4) is 5.75 Å². The molecule has 0 radical (unpaired) electrons. The molecule has 2 rings (SSSR count). The minimum Gasteiger partial charge on any atom is -0.496 e. The number of rotatable bonds is 9. The number of non-ortho nitro benzene ring substituents is 1. The number of hydrogen-bond donors (Lipinski definition) is 1. The zero-order valence-electron chi connectivity index (χ0n) is 15.8. The van der Waals surface area contributed by atoms with Crippen molar-refractivity contribution in [3.05, 3.63) is 63.7 Å². The number of carbonyl (C=O) groups is 2. The lowest BCUT2D eigenvalue weighted by atomic mass is 10.1. The Bertz CT molecular complexity index is 848. The van der Waals surface area contributed by atoms with Crippen LogP contribution in [0.1, 0.15) is 35.7 Å². The minimum atomic E-state index is -0.884. The molecule has 0 aliphatic carbocycles. The Hall–Kier alpha value is -3.42. The molecule has 0 heterocycles. The molecular formula is C20H22N2O6. The summed E-state index contributed by atoms with van der Waals surface area (Å²) >= 11 is 0. The Balaban J connectivity index is 1.94. The maximum absolute atomic E-state index is 12.2. The Labute approximate surface area is 162 Å². The number of nitrogens with one attached hydrogen (secondary N) is 1. The Kier molecular flexibility index (Phi) is 7.50. The number of nitro groups is 1. The van der Waals surface area contributed by atoms with Gasteiger partial charge in [-0.25, -0.2) is 4.79 Å². The van der Waals surface area contributed by atoms with Crippen LogP contribution in [0.5, 0.6) is 5.75 Å². The molecule has 0 bridgehead atoms. The van der Waals surface area contributed by atoms with Gasteiger partial charge in [0, 0.05) is 17.8 Å². The van der Waals surface area contributed by atoms with Gasteiger partial charge < -0.3 is 14.8 Å². The predicted molar refractivity (Wildman–Crippen MR) is 104 cm³/mol. The molecule has 28 heavy (non-hydrogen) atoms. The average Bonchev–Trinajstić information content (AvgIpc) is 2.70. The number of amides is 1. The monoisotopic (exact) mass is 386 g/mol.